The summed E-state index contributed by atoms with van der Waals surface area (Å²) in [5, 5.41) is 12.4. The molecular formula is C12H17NO3S. The van der Waals surface area contributed by atoms with Crippen LogP contribution in [0.2, 0.25) is 0 Å². The maximum absolute atomic E-state index is 11.6. The molecule has 1 heterocycles. The fourth-order valence-electron chi connectivity index (χ4n) is 2.12. The zero-order chi connectivity index (χ0) is 12.3. The van der Waals surface area contributed by atoms with E-state index in [1.54, 1.807) is 12.1 Å². The van der Waals surface area contributed by atoms with E-state index in [4.69, 9.17) is 0 Å². The van der Waals surface area contributed by atoms with Crippen LogP contribution in [0.15, 0.2) is 24.3 Å². The number of aromatic hydroxyl groups is 1. The molecule has 1 saturated heterocycles. The van der Waals surface area contributed by atoms with Crippen molar-refractivity contribution < 1.29 is 13.5 Å². The quantitative estimate of drug-likeness (QED) is 0.844. The Morgan fingerprint density at radius 3 is 2.76 bits per heavy atom. The smallest absolute Gasteiger partial charge is 0.154 e. The average Bonchev–Trinajstić information content (AvgIpc) is 2.61. The van der Waals surface area contributed by atoms with Crippen molar-refractivity contribution in [1.29, 1.82) is 0 Å². The van der Waals surface area contributed by atoms with Gasteiger partial charge < -0.3 is 10.4 Å². The van der Waals surface area contributed by atoms with Gasteiger partial charge in [0.2, 0.25) is 0 Å². The van der Waals surface area contributed by atoms with E-state index in [-0.39, 0.29) is 11.0 Å². The third-order valence-corrected chi connectivity index (χ3v) is 5.42. The Labute approximate surface area is 102 Å². The van der Waals surface area contributed by atoms with Crippen molar-refractivity contribution in [3.63, 3.8) is 0 Å². The predicted molar refractivity (Wildman–Crippen MR) is 66.6 cm³/mol. The van der Waals surface area contributed by atoms with E-state index in [9.17, 15) is 13.5 Å². The molecular weight excluding hydrogens is 238 g/mol. The molecule has 94 valence electrons. The zero-order valence-electron chi connectivity index (χ0n) is 9.59. The highest BCUT2D eigenvalue weighted by molar-refractivity contribution is 7.92. The molecule has 0 bridgehead atoms. The molecule has 5 heteroatoms. The summed E-state index contributed by atoms with van der Waals surface area (Å²) in [7, 11) is -2.88. The third kappa shape index (κ3) is 2.98. The summed E-state index contributed by atoms with van der Waals surface area (Å²) in [5.74, 6) is 0.560. The minimum atomic E-state index is -2.88. The van der Waals surface area contributed by atoms with E-state index < -0.39 is 9.84 Å². The van der Waals surface area contributed by atoms with Crippen LogP contribution in [-0.4, -0.2) is 31.1 Å². The Morgan fingerprint density at radius 2 is 2.12 bits per heavy atom. The molecule has 1 fully saturated rings. The molecule has 2 N–H and O–H groups in total. The molecule has 1 unspecified atom stereocenters. The van der Waals surface area contributed by atoms with Gasteiger partial charge in [-0.25, -0.2) is 8.42 Å². The molecule has 1 aliphatic heterocycles. The van der Waals surface area contributed by atoms with Crippen LogP contribution in [0.5, 0.6) is 5.75 Å². The van der Waals surface area contributed by atoms with E-state index in [0.29, 0.717) is 18.8 Å². The number of benzene rings is 1. The van der Waals surface area contributed by atoms with E-state index in [1.807, 2.05) is 12.1 Å². The lowest BCUT2D eigenvalue weighted by Crippen LogP contribution is -2.30. The fraction of sp³-hybridized carbons (Fsp3) is 0.500. The van der Waals surface area contributed by atoms with E-state index in [1.165, 1.54) is 0 Å². The zero-order valence-corrected chi connectivity index (χ0v) is 10.4. The Kier molecular flexibility index (Phi) is 3.69. The van der Waals surface area contributed by atoms with Gasteiger partial charge in [-0.2, -0.15) is 0 Å². The molecule has 17 heavy (non-hydrogen) atoms. The summed E-state index contributed by atoms with van der Waals surface area (Å²) >= 11 is 0. The van der Waals surface area contributed by atoms with Gasteiger partial charge in [-0.15, -0.1) is 0 Å². The lowest BCUT2D eigenvalue weighted by atomic mass is 10.2. The normalized spacial score (nSPS) is 22.7. The average molecular weight is 255 g/mol. The van der Waals surface area contributed by atoms with Crippen LogP contribution in [0.4, 0.5) is 0 Å². The van der Waals surface area contributed by atoms with E-state index in [0.717, 1.165) is 18.4 Å². The maximum atomic E-state index is 11.6. The highest BCUT2D eigenvalue weighted by Gasteiger charge is 2.30. The molecule has 0 spiro atoms. The number of hydrogen-bond donors (Lipinski definition) is 2. The van der Waals surface area contributed by atoms with Crippen LogP contribution in [0.3, 0.4) is 0 Å². The molecule has 1 aromatic rings. The van der Waals surface area contributed by atoms with Crippen LogP contribution in [0.25, 0.3) is 0 Å². The van der Waals surface area contributed by atoms with E-state index >= 15 is 0 Å². The van der Waals surface area contributed by atoms with Crippen LogP contribution in [0, 0.1) is 0 Å². The van der Waals surface area contributed by atoms with Gasteiger partial charge in [0.1, 0.15) is 5.75 Å². The Balaban J connectivity index is 1.86. The largest absolute Gasteiger partial charge is 0.508 e. The molecule has 0 amide bonds. The maximum Gasteiger partial charge on any atom is 0.154 e. The van der Waals surface area contributed by atoms with Crippen molar-refractivity contribution in [2.24, 2.45) is 0 Å². The number of phenolic OH excluding ortho intramolecular Hbond substituents is 1. The highest BCUT2D eigenvalue weighted by Crippen LogP contribution is 2.20. The SMILES string of the molecule is O=S1(=O)CCCC1CNCc1ccccc1O. The van der Waals surface area contributed by atoms with Crippen molar-refractivity contribution in [1.82, 2.24) is 5.32 Å². The Hall–Kier alpha value is -1.07. The number of sulfone groups is 1. The first-order valence-corrected chi connectivity index (χ1v) is 7.50. The Bertz CT molecular complexity index is 484. The second kappa shape index (κ2) is 5.06. The lowest BCUT2D eigenvalue weighted by molar-refractivity contribution is 0.464. The summed E-state index contributed by atoms with van der Waals surface area (Å²) in [5.41, 5.74) is 0.794. The summed E-state index contributed by atoms with van der Waals surface area (Å²) in [6, 6.07) is 7.07. The standard InChI is InChI=1S/C12H17NO3S/c14-12-6-2-1-4-10(12)8-13-9-11-5-3-7-17(11,15)16/h1-2,4,6,11,13-14H,3,5,7-9H2. The van der Waals surface area contributed by atoms with Crippen LogP contribution in [-0.2, 0) is 16.4 Å². The number of phenols is 1. The summed E-state index contributed by atoms with van der Waals surface area (Å²) in [4.78, 5) is 0. The molecule has 2 rings (SSSR count). The second-order valence-electron chi connectivity index (χ2n) is 4.39. The first-order valence-electron chi connectivity index (χ1n) is 5.79. The number of hydrogen-bond acceptors (Lipinski definition) is 4. The van der Waals surface area contributed by atoms with Gasteiger partial charge in [0.05, 0.1) is 11.0 Å². The fourth-order valence-corrected chi connectivity index (χ4v) is 3.92. The summed E-state index contributed by atoms with van der Waals surface area (Å²) in [6.07, 6.45) is 1.52. The van der Waals surface area contributed by atoms with Gasteiger partial charge in [-0.1, -0.05) is 18.2 Å². The molecule has 1 aliphatic rings. The minimum absolute atomic E-state index is 0.245. The second-order valence-corrected chi connectivity index (χ2v) is 6.79. The minimum Gasteiger partial charge on any atom is -0.508 e. The lowest BCUT2D eigenvalue weighted by Gasteiger charge is -2.11. The van der Waals surface area contributed by atoms with Gasteiger partial charge in [-0.3, -0.25) is 0 Å². The van der Waals surface area contributed by atoms with Gasteiger partial charge in [0, 0.05) is 18.7 Å². The molecule has 0 radical (unpaired) electrons. The monoisotopic (exact) mass is 255 g/mol. The molecule has 0 saturated carbocycles. The molecule has 0 aromatic heterocycles. The number of nitrogens with one attached hydrogen (secondary N) is 1. The Morgan fingerprint density at radius 1 is 1.35 bits per heavy atom. The van der Waals surface area contributed by atoms with Crippen LogP contribution in [0.1, 0.15) is 18.4 Å². The molecule has 4 nitrogen and oxygen atoms in total. The third-order valence-electron chi connectivity index (χ3n) is 3.14. The topological polar surface area (TPSA) is 66.4 Å². The molecule has 0 aliphatic carbocycles. The molecule has 1 aromatic carbocycles. The van der Waals surface area contributed by atoms with Gasteiger partial charge in [-0.05, 0) is 18.9 Å². The van der Waals surface area contributed by atoms with Crippen molar-refractivity contribution in [3.05, 3.63) is 29.8 Å². The summed E-state index contributed by atoms with van der Waals surface area (Å²) < 4.78 is 23.2. The number of rotatable bonds is 4. The first kappa shape index (κ1) is 12.4. The van der Waals surface area contributed by atoms with Crippen molar-refractivity contribution in [2.75, 3.05) is 12.3 Å². The van der Waals surface area contributed by atoms with Gasteiger partial charge in [0.15, 0.2) is 9.84 Å². The number of para-hydroxylation sites is 1. The van der Waals surface area contributed by atoms with Crippen molar-refractivity contribution in [2.45, 2.75) is 24.6 Å². The van der Waals surface area contributed by atoms with Gasteiger partial charge in [0.25, 0.3) is 0 Å². The van der Waals surface area contributed by atoms with Crippen LogP contribution < -0.4 is 5.32 Å². The van der Waals surface area contributed by atoms with Crippen molar-refractivity contribution in [3.8, 4) is 5.75 Å². The predicted octanol–water partition coefficient (Wildman–Crippen LogP) is 1.06. The van der Waals surface area contributed by atoms with Gasteiger partial charge >= 0.3 is 0 Å². The molecule has 1 atom stereocenters. The van der Waals surface area contributed by atoms with Crippen LogP contribution >= 0.6 is 0 Å². The first-order chi connectivity index (χ1) is 8.09. The van der Waals surface area contributed by atoms with Crippen molar-refractivity contribution >= 4 is 9.84 Å². The highest BCUT2D eigenvalue weighted by atomic mass is 32.2. The summed E-state index contributed by atoms with van der Waals surface area (Å²) in [6.45, 7) is 0.968. The van der Waals surface area contributed by atoms with E-state index in [2.05, 4.69) is 5.32 Å².